The Kier molecular flexibility index (Phi) is 8.59. The first kappa shape index (κ1) is 22.9. The summed E-state index contributed by atoms with van der Waals surface area (Å²) in [5.74, 6) is 2.73. The van der Waals surface area contributed by atoms with E-state index in [9.17, 15) is 0 Å². The maximum atomic E-state index is 6.12. The van der Waals surface area contributed by atoms with Gasteiger partial charge in [0, 0.05) is 19.6 Å². The first-order valence-electron chi connectivity index (χ1n) is 11.1. The third-order valence-corrected chi connectivity index (χ3v) is 5.84. The molecule has 0 amide bonds. The number of guanidine groups is 1. The van der Waals surface area contributed by atoms with Crippen molar-refractivity contribution >= 4 is 5.96 Å². The minimum atomic E-state index is 0.474. The predicted octanol–water partition coefficient (Wildman–Crippen LogP) is 3.58. The van der Waals surface area contributed by atoms with E-state index in [4.69, 9.17) is 15.2 Å². The lowest BCUT2D eigenvalue weighted by Crippen LogP contribution is -2.34. The van der Waals surface area contributed by atoms with Crippen molar-refractivity contribution in [3.05, 3.63) is 59.2 Å². The SMILES string of the molecule is COc1ccc(CCNC(N)=NCc2ccccc2CN2CCCC(C)C2)cc1OC. The summed E-state index contributed by atoms with van der Waals surface area (Å²) in [6.45, 7) is 6.99. The fraction of sp³-hybridized carbons (Fsp3) is 0.480. The number of piperidine rings is 1. The van der Waals surface area contributed by atoms with Gasteiger partial charge in [-0.25, -0.2) is 4.99 Å². The van der Waals surface area contributed by atoms with Crippen molar-refractivity contribution in [2.75, 3.05) is 33.9 Å². The molecular weight excluding hydrogens is 388 g/mol. The van der Waals surface area contributed by atoms with Gasteiger partial charge in [-0.05, 0) is 60.5 Å². The van der Waals surface area contributed by atoms with Gasteiger partial charge in [0.25, 0.3) is 0 Å². The lowest BCUT2D eigenvalue weighted by molar-refractivity contribution is 0.176. The molecule has 1 aliphatic rings. The van der Waals surface area contributed by atoms with Crippen molar-refractivity contribution in [2.24, 2.45) is 16.6 Å². The van der Waals surface area contributed by atoms with Crippen molar-refractivity contribution in [1.29, 1.82) is 0 Å². The van der Waals surface area contributed by atoms with Crippen molar-refractivity contribution in [1.82, 2.24) is 10.2 Å². The van der Waals surface area contributed by atoms with Crippen molar-refractivity contribution in [2.45, 2.75) is 39.3 Å². The molecule has 2 aromatic rings. The second kappa shape index (κ2) is 11.6. The van der Waals surface area contributed by atoms with Gasteiger partial charge in [0.2, 0.25) is 0 Å². The molecule has 6 heteroatoms. The summed E-state index contributed by atoms with van der Waals surface area (Å²) >= 11 is 0. The van der Waals surface area contributed by atoms with Crippen LogP contribution in [0.15, 0.2) is 47.5 Å². The zero-order chi connectivity index (χ0) is 22.1. The highest BCUT2D eigenvalue weighted by Gasteiger charge is 2.17. The van der Waals surface area contributed by atoms with Crippen molar-refractivity contribution in [3.63, 3.8) is 0 Å². The Labute approximate surface area is 186 Å². The van der Waals surface area contributed by atoms with Gasteiger partial charge in [-0.15, -0.1) is 0 Å². The Hall–Kier alpha value is -2.73. The summed E-state index contributed by atoms with van der Waals surface area (Å²) in [6.07, 6.45) is 3.45. The van der Waals surface area contributed by atoms with Gasteiger partial charge in [-0.3, -0.25) is 4.90 Å². The molecule has 1 atom stereocenters. The summed E-state index contributed by atoms with van der Waals surface area (Å²) in [5.41, 5.74) is 9.86. The second-order valence-electron chi connectivity index (χ2n) is 8.32. The fourth-order valence-electron chi connectivity index (χ4n) is 4.13. The molecule has 1 unspecified atom stereocenters. The van der Waals surface area contributed by atoms with Crippen LogP contribution in [0.2, 0.25) is 0 Å². The number of ether oxygens (including phenoxy) is 2. The number of likely N-dealkylation sites (tertiary alicyclic amines) is 1. The number of hydrogen-bond acceptors (Lipinski definition) is 4. The molecule has 1 fully saturated rings. The molecule has 3 N–H and O–H groups in total. The number of methoxy groups -OCH3 is 2. The molecule has 1 aliphatic heterocycles. The van der Waals surface area contributed by atoms with E-state index in [1.165, 1.54) is 37.1 Å². The Morgan fingerprint density at radius 3 is 2.65 bits per heavy atom. The Morgan fingerprint density at radius 2 is 1.90 bits per heavy atom. The number of hydrogen-bond donors (Lipinski definition) is 2. The lowest BCUT2D eigenvalue weighted by Gasteiger charge is -2.31. The van der Waals surface area contributed by atoms with Crippen molar-refractivity contribution < 1.29 is 9.47 Å². The Bertz CT molecular complexity index is 868. The minimum absolute atomic E-state index is 0.474. The van der Waals surface area contributed by atoms with E-state index >= 15 is 0 Å². The van der Waals surface area contributed by atoms with E-state index < -0.39 is 0 Å². The maximum absolute atomic E-state index is 6.12. The smallest absolute Gasteiger partial charge is 0.188 e. The van der Waals surface area contributed by atoms with Crippen LogP contribution in [0.3, 0.4) is 0 Å². The average molecular weight is 425 g/mol. The van der Waals surface area contributed by atoms with Crippen LogP contribution < -0.4 is 20.5 Å². The molecule has 0 bridgehead atoms. The van der Waals surface area contributed by atoms with E-state index in [1.807, 2.05) is 18.2 Å². The molecule has 31 heavy (non-hydrogen) atoms. The van der Waals surface area contributed by atoms with Gasteiger partial charge in [-0.1, -0.05) is 37.3 Å². The van der Waals surface area contributed by atoms with Gasteiger partial charge in [0.1, 0.15) is 0 Å². The van der Waals surface area contributed by atoms with Gasteiger partial charge < -0.3 is 20.5 Å². The maximum Gasteiger partial charge on any atom is 0.188 e. The third kappa shape index (κ3) is 6.89. The van der Waals surface area contributed by atoms with Crippen LogP contribution in [0.4, 0.5) is 0 Å². The highest BCUT2D eigenvalue weighted by atomic mass is 16.5. The molecule has 0 spiro atoms. The summed E-state index contributed by atoms with van der Waals surface area (Å²) in [5, 5.41) is 3.22. The van der Waals surface area contributed by atoms with Crippen LogP contribution in [0.25, 0.3) is 0 Å². The lowest BCUT2D eigenvalue weighted by atomic mass is 9.99. The monoisotopic (exact) mass is 424 g/mol. The summed E-state index contributed by atoms with van der Waals surface area (Å²) < 4.78 is 10.7. The molecular formula is C25H36N4O2. The van der Waals surface area contributed by atoms with Gasteiger partial charge in [-0.2, -0.15) is 0 Å². The molecule has 1 heterocycles. The molecule has 0 aromatic heterocycles. The van der Waals surface area contributed by atoms with Crippen LogP contribution in [0, 0.1) is 5.92 Å². The Morgan fingerprint density at radius 1 is 1.13 bits per heavy atom. The number of rotatable bonds is 9. The summed E-state index contributed by atoms with van der Waals surface area (Å²) in [7, 11) is 3.29. The fourth-order valence-corrected chi connectivity index (χ4v) is 4.13. The normalized spacial score (nSPS) is 17.4. The van der Waals surface area contributed by atoms with Crippen molar-refractivity contribution in [3.8, 4) is 11.5 Å². The molecule has 1 saturated heterocycles. The standard InChI is InChI=1S/C25H36N4O2/c1-19-7-6-14-29(17-19)18-22-9-5-4-8-21(22)16-28-25(26)27-13-12-20-10-11-23(30-2)24(15-20)31-3/h4-5,8-11,15,19H,6-7,12-14,16-18H2,1-3H3,(H3,26,27,28). The largest absolute Gasteiger partial charge is 0.493 e. The first-order valence-corrected chi connectivity index (χ1v) is 11.1. The number of benzene rings is 2. The van der Waals surface area contributed by atoms with Gasteiger partial charge in [0.05, 0.1) is 20.8 Å². The number of nitrogens with two attached hydrogens (primary N) is 1. The van der Waals surface area contributed by atoms with E-state index in [1.54, 1.807) is 14.2 Å². The van der Waals surface area contributed by atoms with E-state index in [2.05, 4.69) is 46.4 Å². The van der Waals surface area contributed by atoms with Crippen LogP contribution in [-0.4, -0.2) is 44.7 Å². The topological polar surface area (TPSA) is 72.1 Å². The van der Waals surface area contributed by atoms with E-state index in [0.717, 1.165) is 35.9 Å². The molecule has 168 valence electrons. The number of aliphatic imine (C=N–C) groups is 1. The first-order chi connectivity index (χ1) is 15.1. The van der Waals surface area contributed by atoms with Crippen LogP contribution in [-0.2, 0) is 19.5 Å². The van der Waals surface area contributed by atoms with Crippen LogP contribution in [0.1, 0.15) is 36.5 Å². The molecule has 0 radical (unpaired) electrons. The predicted molar refractivity (Wildman–Crippen MR) is 127 cm³/mol. The number of nitrogens with one attached hydrogen (secondary N) is 1. The van der Waals surface area contributed by atoms with E-state index in [-0.39, 0.29) is 0 Å². The summed E-state index contributed by atoms with van der Waals surface area (Å²) in [6, 6.07) is 14.5. The molecule has 0 aliphatic carbocycles. The van der Waals surface area contributed by atoms with Gasteiger partial charge in [0.15, 0.2) is 17.5 Å². The van der Waals surface area contributed by atoms with Crippen LogP contribution in [0.5, 0.6) is 11.5 Å². The third-order valence-electron chi connectivity index (χ3n) is 5.84. The molecule has 6 nitrogen and oxygen atoms in total. The minimum Gasteiger partial charge on any atom is -0.493 e. The molecule has 0 saturated carbocycles. The Balaban J connectivity index is 1.51. The quantitative estimate of drug-likeness (QED) is 0.476. The number of nitrogens with zero attached hydrogens (tertiary/aromatic N) is 2. The highest BCUT2D eigenvalue weighted by molar-refractivity contribution is 5.77. The average Bonchev–Trinajstić information content (AvgIpc) is 2.78. The molecule has 2 aromatic carbocycles. The van der Waals surface area contributed by atoms with Gasteiger partial charge >= 0.3 is 0 Å². The van der Waals surface area contributed by atoms with E-state index in [0.29, 0.717) is 19.0 Å². The zero-order valence-electron chi connectivity index (χ0n) is 19.1. The second-order valence-corrected chi connectivity index (χ2v) is 8.32. The van der Waals surface area contributed by atoms with Crippen LogP contribution >= 0.6 is 0 Å². The highest BCUT2D eigenvalue weighted by Crippen LogP contribution is 2.27. The zero-order valence-corrected chi connectivity index (χ0v) is 19.1. The molecule has 3 rings (SSSR count). The summed E-state index contributed by atoms with van der Waals surface area (Å²) in [4.78, 5) is 7.13.